The normalized spacial score (nSPS) is 15.3. The molecule has 0 bridgehead atoms. The lowest BCUT2D eigenvalue weighted by Gasteiger charge is -2.43. The number of ether oxygens (including phenoxy) is 1. The van der Waals surface area contributed by atoms with E-state index in [1.165, 1.54) is 12.1 Å². The second-order valence-corrected chi connectivity index (χ2v) is 7.00. The van der Waals surface area contributed by atoms with Crippen LogP contribution in [0, 0.1) is 10.7 Å². The van der Waals surface area contributed by atoms with Gasteiger partial charge in [-0.2, -0.15) is 0 Å². The third-order valence-electron chi connectivity index (χ3n) is 5.11. The molecule has 1 heterocycles. The predicted molar refractivity (Wildman–Crippen MR) is 102 cm³/mol. The Morgan fingerprint density at radius 2 is 1.96 bits per heavy atom. The van der Waals surface area contributed by atoms with Crippen molar-refractivity contribution in [1.82, 2.24) is 15.1 Å². The van der Waals surface area contributed by atoms with E-state index in [0.717, 1.165) is 30.4 Å². The van der Waals surface area contributed by atoms with Crippen molar-refractivity contribution >= 4 is 12.2 Å². The predicted octanol–water partition coefficient (Wildman–Crippen LogP) is 4.65. The summed E-state index contributed by atoms with van der Waals surface area (Å²) in [5.41, 5.74) is 1.66. The Bertz CT molecular complexity index is 993. The Morgan fingerprint density at radius 1 is 1.22 bits per heavy atom. The van der Waals surface area contributed by atoms with Crippen LogP contribution >= 0.6 is 12.2 Å². The average Bonchev–Trinajstić information content (AvgIpc) is 3.03. The minimum Gasteiger partial charge on any atom is -0.496 e. The molecule has 3 aromatic rings. The molecular formula is C20H20FN3O2S. The second-order valence-electron chi connectivity index (χ2n) is 6.65. The van der Waals surface area contributed by atoms with Crippen LogP contribution < -0.4 is 10.1 Å². The van der Waals surface area contributed by atoms with E-state index >= 15 is 0 Å². The quantitative estimate of drug-likeness (QED) is 0.626. The van der Waals surface area contributed by atoms with E-state index < -0.39 is 0 Å². The van der Waals surface area contributed by atoms with E-state index in [1.54, 1.807) is 11.8 Å². The topological polar surface area (TPSA) is 52.2 Å². The summed E-state index contributed by atoms with van der Waals surface area (Å²) in [5.74, 6) is 0.868. The fraction of sp³-hybridized carbons (Fsp3) is 0.300. The van der Waals surface area contributed by atoms with Gasteiger partial charge in [0.15, 0.2) is 0 Å². The Labute approximate surface area is 161 Å². The number of para-hydroxylation sites is 1. The van der Waals surface area contributed by atoms with E-state index in [1.807, 2.05) is 36.4 Å². The molecule has 0 unspecified atom stereocenters. The number of nitrogens with one attached hydrogen (secondary N) is 1. The zero-order chi connectivity index (χ0) is 18.9. The highest BCUT2D eigenvalue weighted by Gasteiger charge is 2.38. The van der Waals surface area contributed by atoms with E-state index in [-0.39, 0.29) is 16.2 Å². The summed E-state index contributed by atoms with van der Waals surface area (Å²) in [6.45, 7) is 0.412. The van der Waals surface area contributed by atoms with Gasteiger partial charge >= 0.3 is 0 Å². The highest BCUT2D eigenvalue weighted by molar-refractivity contribution is 7.71. The van der Waals surface area contributed by atoms with Crippen LogP contribution in [-0.2, 0) is 12.2 Å². The summed E-state index contributed by atoms with van der Waals surface area (Å²) in [6, 6.07) is 14.2. The number of nitrogens with zero attached hydrogens (tertiary/aromatic N) is 2. The SMILES string of the molecule is COc1ccccc1-c1nn(CNC2(c3ccc(F)cc3)CCC2)c(=S)o1. The molecule has 0 atom stereocenters. The largest absolute Gasteiger partial charge is 0.496 e. The van der Waals surface area contributed by atoms with Crippen molar-refractivity contribution in [1.29, 1.82) is 0 Å². The summed E-state index contributed by atoms with van der Waals surface area (Å²) >= 11 is 5.33. The fourth-order valence-electron chi connectivity index (χ4n) is 3.43. The molecule has 0 amide bonds. The lowest BCUT2D eigenvalue weighted by Crippen LogP contribution is -2.48. The summed E-state index contributed by atoms with van der Waals surface area (Å²) < 4.78 is 25.9. The molecule has 5 nitrogen and oxygen atoms in total. The van der Waals surface area contributed by atoms with E-state index in [0.29, 0.717) is 18.3 Å². The lowest BCUT2D eigenvalue weighted by atomic mass is 9.72. The summed E-state index contributed by atoms with van der Waals surface area (Å²) in [6.07, 6.45) is 3.10. The van der Waals surface area contributed by atoms with Gasteiger partial charge in [-0.05, 0) is 61.3 Å². The second kappa shape index (κ2) is 7.25. The number of hydrogen-bond acceptors (Lipinski definition) is 5. The fourth-order valence-corrected chi connectivity index (χ4v) is 3.61. The van der Waals surface area contributed by atoms with Gasteiger partial charge in [0.25, 0.3) is 10.7 Å². The average molecular weight is 385 g/mol. The Morgan fingerprint density at radius 3 is 2.63 bits per heavy atom. The van der Waals surface area contributed by atoms with Crippen molar-refractivity contribution in [3.05, 3.63) is 64.7 Å². The van der Waals surface area contributed by atoms with Gasteiger partial charge in [0.1, 0.15) is 11.6 Å². The van der Waals surface area contributed by atoms with Crippen molar-refractivity contribution in [2.24, 2.45) is 0 Å². The maximum Gasteiger partial charge on any atom is 0.288 e. The van der Waals surface area contributed by atoms with Gasteiger partial charge in [-0.25, -0.2) is 9.07 Å². The number of methoxy groups -OCH3 is 1. The molecule has 0 spiro atoms. The first-order valence-electron chi connectivity index (χ1n) is 8.84. The number of aromatic nitrogens is 2. The van der Waals surface area contributed by atoms with Crippen molar-refractivity contribution < 1.29 is 13.5 Å². The minimum atomic E-state index is -0.228. The number of rotatable bonds is 6. The molecule has 0 aliphatic heterocycles. The Hall–Kier alpha value is -2.51. The van der Waals surface area contributed by atoms with Crippen molar-refractivity contribution in [3.8, 4) is 17.2 Å². The first-order chi connectivity index (χ1) is 13.1. The monoisotopic (exact) mass is 385 g/mol. The van der Waals surface area contributed by atoms with Crippen LogP contribution in [-0.4, -0.2) is 16.9 Å². The van der Waals surface area contributed by atoms with Gasteiger partial charge in [0, 0.05) is 5.54 Å². The summed E-state index contributed by atoms with van der Waals surface area (Å²) in [5, 5.41) is 8.04. The Kier molecular flexibility index (Phi) is 4.80. The third kappa shape index (κ3) is 3.40. The van der Waals surface area contributed by atoms with Gasteiger partial charge in [0.05, 0.1) is 19.3 Å². The van der Waals surface area contributed by atoms with Gasteiger partial charge in [0.2, 0.25) is 0 Å². The first-order valence-corrected chi connectivity index (χ1v) is 9.24. The molecule has 140 valence electrons. The van der Waals surface area contributed by atoms with Crippen LogP contribution in [0.25, 0.3) is 11.5 Å². The van der Waals surface area contributed by atoms with Crippen LogP contribution in [0.5, 0.6) is 5.75 Å². The summed E-state index contributed by atoms with van der Waals surface area (Å²) in [7, 11) is 1.61. The molecule has 27 heavy (non-hydrogen) atoms. The van der Waals surface area contributed by atoms with Crippen LogP contribution in [0.15, 0.2) is 52.9 Å². The zero-order valence-electron chi connectivity index (χ0n) is 14.9. The van der Waals surface area contributed by atoms with E-state index in [2.05, 4.69) is 10.4 Å². The third-order valence-corrected chi connectivity index (χ3v) is 5.41. The molecule has 0 radical (unpaired) electrons. The van der Waals surface area contributed by atoms with Crippen LogP contribution in [0.2, 0.25) is 0 Å². The molecular weight excluding hydrogens is 365 g/mol. The van der Waals surface area contributed by atoms with E-state index in [4.69, 9.17) is 21.4 Å². The van der Waals surface area contributed by atoms with Gasteiger partial charge in [-0.15, -0.1) is 5.10 Å². The van der Waals surface area contributed by atoms with Crippen molar-refractivity contribution in [3.63, 3.8) is 0 Å². The zero-order valence-corrected chi connectivity index (χ0v) is 15.8. The maximum atomic E-state index is 13.3. The molecule has 1 N–H and O–H groups in total. The number of benzene rings is 2. The lowest BCUT2D eigenvalue weighted by molar-refractivity contribution is 0.165. The molecule has 2 aromatic carbocycles. The number of halogens is 1. The van der Waals surface area contributed by atoms with Crippen molar-refractivity contribution in [2.45, 2.75) is 31.5 Å². The molecule has 1 aromatic heterocycles. The molecule has 4 rings (SSSR count). The molecule has 7 heteroatoms. The van der Waals surface area contributed by atoms with Gasteiger partial charge in [-0.1, -0.05) is 24.3 Å². The highest BCUT2D eigenvalue weighted by atomic mass is 32.1. The minimum absolute atomic E-state index is 0.175. The molecule has 1 saturated carbocycles. The number of hydrogen-bond donors (Lipinski definition) is 1. The molecule has 0 saturated heterocycles. The van der Waals surface area contributed by atoms with Gasteiger partial charge < -0.3 is 9.15 Å². The van der Waals surface area contributed by atoms with Crippen LogP contribution in [0.1, 0.15) is 24.8 Å². The van der Waals surface area contributed by atoms with Crippen LogP contribution in [0.3, 0.4) is 0 Å². The smallest absolute Gasteiger partial charge is 0.288 e. The standard InChI is InChI=1S/C20H20FN3O2S/c1-25-17-6-3-2-5-16(17)18-23-24(19(27)26-18)13-22-20(11-4-12-20)14-7-9-15(21)10-8-14/h2-3,5-10,22H,4,11-13H2,1H3. The van der Waals surface area contributed by atoms with Crippen molar-refractivity contribution in [2.75, 3.05) is 7.11 Å². The summed E-state index contributed by atoms with van der Waals surface area (Å²) in [4.78, 5) is 0.289. The Balaban J connectivity index is 1.56. The molecule has 1 fully saturated rings. The maximum absolute atomic E-state index is 13.3. The molecule has 1 aliphatic rings. The molecule has 1 aliphatic carbocycles. The van der Waals surface area contributed by atoms with E-state index in [9.17, 15) is 4.39 Å². The van der Waals surface area contributed by atoms with Crippen LogP contribution in [0.4, 0.5) is 4.39 Å². The van der Waals surface area contributed by atoms with Gasteiger partial charge in [-0.3, -0.25) is 5.32 Å². The highest BCUT2D eigenvalue weighted by Crippen LogP contribution is 2.41. The first kappa shape index (κ1) is 17.9.